The molecule has 0 spiro atoms. The third-order valence-electron chi connectivity index (χ3n) is 2.52. The Morgan fingerprint density at radius 1 is 1.40 bits per heavy atom. The highest BCUT2D eigenvalue weighted by Gasteiger charge is 2.12. The Morgan fingerprint density at radius 3 is 2.85 bits per heavy atom. The molecule has 0 aromatic heterocycles. The first-order chi connectivity index (χ1) is 9.72. The van der Waals surface area contributed by atoms with E-state index in [4.69, 9.17) is 9.47 Å². The normalized spacial score (nSPS) is 9.90. The van der Waals surface area contributed by atoms with Crippen molar-refractivity contribution in [1.29, 1.82) is 0 Å². The number of benzene rings is 1. The third kappa shape index (κ3) is 4.93. The van der Waals surface area contributed by atoms with Crippen molar-refractivity contribution in [3.8, 4) is 11.5 Å². The molecule has 0 saturated heterocycles. The van der Waals surface area contributed by atoms with Gasteiger partial charge in [0.05, 0.1) is 6.61 Å². The van der Waals surface area contributed by atoms with E-state index >= 15 is 0 Å². The van der Waals surface area contributed by atoms with Crippen molar-refractivity contribution in [2.45, 2.75) is 13.5 Å². The first-order valence-corrected chi connectivity index (χ1v) is 6.62. The van der Waals surface area contributed by atoms with Gasteiger partial charge in [0.15, 0.2) is 18.1 Å². The quantitative estimate of drug-likeness (QED) is 0.672. The molecule has 0 fully saturated rings. The maximum Gasteiger partial charge on any atom is 0.258 e. The van der Waals surface area contributed by atoms with Gasteiger partial charge in [-0.25, -0.2) is 0 Å². The zero-order valence-corrected chi connectivity index (χ0v) is 12.1. The molecule has 0 atom stereocenters. The number of carbonyl (C=O) groups is 1. The number of nitrogens with one attached hydrogen (secondary N) is 2. The van der Waals surface area contributed by atoms with Crippen LogP contribution in [0.2, 0.25) is 0 Å². The zero-order chi connectivity index (χ0) is 14.8. The first kappa shape index (κ1) is 16.0. The molecule has 0 bridgehead atoms. The standard InChI is InChI=1S/C15H22N2O3/c1-4-9-17-14(18)11-20-15-12(10-16-3)7-6-8-13(15)19-5-2/h4,6-8,16H,1,5,9-11H2,2-3H3,(H,17,18). The molecule has 5 heteroatoms. The third-order valence-corrected chi connectivity index (χ3v) is 2.52. The lowest BCUT2D eigenvalue weighted by atomic mass is 10.2. The van der Waals surface area contributed by atoms with Gasteiger partial charge in [-0.15, -0.1) is 6.58 Å². The van der Waals surface area contributed by atoms with Crippen molar-refractivity contribution >= 4 is 5.91 Å². The van der Waals surface area contributed by atoms with Crippen LogP contribution in [0.5, 0.6) is 11.5 Å². The molecule has 1 aromatic rings. The highest BCUT2D eigenvalue weighted by atomic mass is 16.5. The van der Waals surface area contributed by atoms with Gasteiger partial charge in [0.25, 0.3) is 5.91 Å². The molecule has 2 N–H and O–H groups in total. The summed E-state index contributed by atoms with van der Waals surface area (Å²) in [6.07, 6.45) is 1.62. The Bertz CT molecular complexity index is 422. The van der Waals surface area contributed by atoms with Crippen LogP contribution in [0, 0.1) is 0 Å². The summed E-state index contributed by atoms with van der Waals surface area (Å²) < 4.78 is 11.2. The van der Waals surface area contributed by atoms with Crippen LogP contribution in [0.4, 0.5) is 0 Å². The van der Waals surface area contributed by atoms with E-state index in [1.54, 1.807) is 6.08 Å². The maximum atomic E-state index is 11.6. The lowest BCUT2D eigenvalue weighted by molar-refractivity contribution is -0.122. The summed E-state index contributed by atoms with van der Waals surface area (Å²) in [4.78, 5) is 11.6. The number of amides is 1. The molecule has 5 nitrogen and oxygen atoms in total. The molecule has 0 unspecified atom stereocenters. The monoisotopic (exact) mass is 278 g/mol. The fourth-order valence-corrected chi connectivity index (χ4v) is 1.70. The molecule has 0 aliphatic heterocycles. The molecule has 0 heterocycles. The molecule has 1 aromatic carbocycles. The van der Waals surface area contributed by atoms with Gasteiger partial charge in [-0.1, -0.05) is 18.2 Å². The lowest BCUT2D eigenvalue weighted by Gasteiger charge is -2.15. The summed E-state index contributed by atoms with van der Waals surface area (Å²) in [7, 11) is 1.86. The average molecular weight is 278 g/mol. The van der Waals surface area contributed by atoms with Crippen molar-refractivity contribution in [2.75, 3.05) is 26.8 Å². The average Bonchev–Trinajstić information content (AvgIpc) is 2.45. The number of ether oxygens (including phenoxy) is 2. The number of hydrogen-bond acceptors (Lipinski definition) is 4. The van der Waals surface area contributed by atoms with E-state index in [-0.39, 0.29) is 12.5 Å². The second-order valence-electron chi connectivity index (χ2n) is 4.09. The summed E-state index contributed by atoms with van der Waals surface area (Å²) in [5.41, 5.74) is 0.954. The van der Waals surface area contributed by atoms with Crippen molar-refractivity contribution in [3.63, 3.8) is 0 Å². The Hall–Kier alpha value is -2.01. The van der Waals surface area contributed by atoms with Gasteiger partial charge in [-0.05, 0) is 20.0 Å². The van der Waals surface area contributed by atoms with Crippen molar-refractivity contribution in [3.05, 3.63) is 36.4 Å². The largest absolute Gasteiger partial charge is 0.490 e. The van der Waals surface area contributed by atoms with E-state index in [1.165, 1.54) is 0 Å². The van der Waals surface area contributed by atoms with Gasteiger partial charge in [-0.2, -0.15) is 0 Å². The SMILES string of the molecule is C=CCNC(=O)COc1c(CNC)cccc1OCC. The Labute approximate surface area is 120 Å². The van der Waals surface area contributed by atoms with Crippen LogP contribution in [0.3, 0.4) is 0 Å². The smallest absolute Gasteiger partial charge is 0.258 e. The van der Waals surface area contributed by atoms with E-state index in [9.17, 15) is 4.79 Å². The number of rotatable bonds is 9. The van der Waals surface area contributed by atoms with Gasteiger partial charge in [0.1, 0.15) is 0 Å². The maximum absolute atomic E-state index is 11.6. The summed E-state index contributed by atoms with van der Waals surface area (Å²) in [6.45, 7) is 7.02. The number of carbonyl (C=O) groups excluding carboxylic acids is 1. The zero-order valence-electron chi connectivity index (χ0n) is 12.1. The van der Waals surface area contributed by atoms with Crippen molar-refractivity contribution in [1.82, 2.24) is 10.6 Å². The van der Waals surface area contributed by atoms with Gasteiger partial charge in [0.2, 0.25) is 0 Å². The lowest BCUT2D eigenvalue weighted by Crippen LogP contribution is -2.29. The van der Waals surface area contributed by atoms with Crippen LogP contribution in [0.25, 0.3) is 0 Å². The molecule has 20 heavy (non-hydrogen) atoms. The van der Waals surface area contributed by atoms with E-state index in [2.05, 4.69) is 17.2 Å². The molecular formula is C15H22N2O3. The Morgan fingerprint density at radius 2 is 2.20 bits per heavy atom. The van der Waals surface area contributed by atoms with E-state index in [0.29, 0.717) is 31.2 Å². The minimum absolute atomic E-state index is 0.0470. The molecular weight excluding hydrogens is 256 g/mol. The summed E-state index contributed by atoms with van der Waals surface area (Å²) >= 11 is 0. The van der Waals surface area contributed by atoms with E-state index in [1.807, 2.05) is 32.2 Å². The minimum Gasteiger partial charge on any atom is -0.490 e. The highest BCUT2D eigenvalue weighted by Crippen LogP contribution is 2.31. The van der Waals surface area contributed by atoms with Crippen LogP contribution < -0.4 is 20.1 Å². The molecule has 1 amide bonds. The molecule has 110 valence electrons. The van der Waals surface area contributed by atoms with Crippen molar-refractivity contribution < 1.29 is 14.3 Å². The molecule has 0 aliphatic rings. The highest BCUT2D eigenvalue weighted by molar-refractivity contribution is 5.77. The number of para-hydroxylation sites is 1. The van der Waals surface area contributed by atoms with Crippen LogP contribution in [-0.4, -0.2) is 32.7 Å². The summed E-state index contributed by atoms with van der Waals surface area (Å²) in [6, 6.07) is 5.68. The van der Waals surface area contributed by atoms with Crippen LogP contribution in [0.15, 0.2) is 30.9 Å². The Kier molecular flexibility index (Phi) is 7.21. The van der Waals surface area contributed by atoms with Crippen molar-refractivity contribution in [2.24, 2.45) is 0 Å². The molecule has 0 aliphatic carbocycles. The second-order valence-corrected chi connectivity index (χ2v) is 4.09. The fourth-order valence-electron chi connectivity index (χ4n) is 1.70. The van der Waals surface area contributed by atoms with E-state index < -0.39 is 0 Å². The first-order valence-electron chi connectivity index (χ1n) is 6.62. The summed E-state index contributed by atoms with van der Waals surface area (Å²) in [5.74, 6) is 1.07. The van der Waals surface area contributed by atoms with Gasteiger partial charge < -0.3 is 20.1 Å². The summed E-state index contributed by atoms with van der Waals surface area (Å²) in [5, 5.41) is 5.73. The molecule has 1 rings (SSSR count). The molecule has 0 saturated carbocycles. The van der Waals surface area contributed by atoms with E-state index in [0.717, 1.165) is 5.56 Å². The van der Waals surface area contributed by atoms with Crippen LogP contribution in [-0.2, 0) is 11.3 Å². The van der Waals surface area contributed by atoms with Gasteiger partial charge >= 0.3 is 0 Å². The van der Waals surface area contributed by atoms with Gasteiger partial charge in [0, 0.05) is 18.7 Å². The predicted octanol–water partition coefficient (Wildman–Crippen LogP) is 1.49. The van der Waals surface area contributed by atoms with Gasteiger partial charge in [-0.3, -0.25) is 4.79 Å². The molecule has 0 radical (unpaired) electrons. The minimum atomic E-state index is -0.188. The fraction of sp³-hybridized carbons (Fsp3) is 0.400. The predicted molar refractivity (Wildman–Crippen MR) is 79.1 cm³/mol. The Balaban J connectivity index is 2.78. The topological polar surface area (TPSA) is 59.6 Å². The number of hydrogen-bond donors (Lipinski definition) is 2. The van der Waals surface area contributed by atoms with Crippen LogP contribution >= 0.6 is 0 Å². The second kappa shape index (κ2) is 8.98. The van der Waals surface area contributed by atoms with Crippen LogP contribution in [0.1, 0.15) is 12.5 Å².